The molecule has 2 unspecified atom stereocenters. The fourth-order valence-corrected chi connectivity index (χ4v) is 5.38. The van der Waals surface area contributed by atoms with Gasteiger partial charge in [-0.1, -0.05) is 102 Å². The van der Waals surface area contributed by atoms with Crippen LogP contribution in [0.1, 0.15) is 115 Å². The van der Waals surface area contributed by atoms with E-state index in [0.29, 0.717) is 24.6 Å². The number of aromatic nitrogens is 2. The minimum atomic E-state index is -0.403. The fourth-order valence-electron chi connectivity index (χ4n) is 5.38. The quantitative estimate of drug-likeness (QED) is 0.176. The van der Waals surface area contributed by atoms with Crippen LogP contribution in [0.5, 0.6) is 0 Å². The molecule has 4 nitrogen and oxygen atoms in total. The first-order valence-corrected chi connectivity index (χ1v) is 14.6. The maximum atomic E-state index is 12.9. The van der Waals surface area contributed by atoms with Gasteiger partial charge in [0.05, 0.1) is 5.92 Å². The molecule has 1 saturated carbocycles. The number of hydrogen-bond acceptors (Lipinski definition) is 4. The highest BCUT2D eigenvalue weighted by Crippen LogP contribution is 2.31. The van der Waals surface area contributed by atoms with Crippen LogP contribution >= 0.6 is 0 Å². The molecular formula is C32H46N2O2. The van der Waals surface area contributed by atoms with Crippen molar-refractivity contribution in [1.29, 1.82) is 0 Å². The SMILES string of the molecule is CCCCCCCCCc1cnc(-c2ccc(CC(=O)C3CCC(CCCCC)CC3=O)cc2)nc1. The lowest BCUT2D eigenvalue weighted by atomic mass is 9.76. The number of carbonyl (C=O) groups is 2. The van der Waals surface area contributed by atoms with Gasteiger partial charge in [-0.25, -0.2) is 9.97 Å². The summed E-state index contributed by atoms with van der Waals surface area (Å²) < 4.78 is 0. The van der Waals surface area contributed by atoms with Crippen LogP contribution in [0.25, 0.3) is 11.4 Å². The van der Waals surface area contributed by atoms with Gasteiger partial charge in [-0.2, -0.15) is 0 Å². The average molecular weight is 491 g/mol. The Morgan fingerprint density at radius 1 is 0.806 bits per heavy atom. The number of nitrogens with zero attached hydrogens (tertiary/aromatic N) is 2. The molecule has 0 aliphatic heterocycles. The van der Waals surface area contributed by atoms with Gasteiger partial charge < -0.3 is 0 Å². The number of unbranched alkanes of at least 4 members (excludes halogenated alkanes) is 8. The van der Waals surface area contributed by atoms with Crippen LogP contribution in [0.2, 0.25) is 0 Å². The summed E-state index contributed by atoms with van der Waals surface area (Å²) in [6, 6.07) is 7.93. The van der Waals surface area contributed by atoms with E-state index in [1.54, 1.807) is 0 Å². The van der Waals surface area contributed by atoms with Crippen molar-refractivity contribution in [1.82, 2.24) is 9.97 Å². The zero-order valence-corrected chi connectivity index (χ0v) is 22.6. The van der Waals surface area contributed by atoms with E-state index in [0.717, 1.165) is 36.8 Å². The van der Waals surface area contributed by atoms with Gasteiger partial charge in [0.15, 0.2) is 5.82 Å². The molecule has 0 bridgehead atoms. The summed E-state index contributed by atoms with van der Waals surface area (Å²) in [6.45, 7) is 4.46. The minimum absolute atomic E-state index is 0.0747. The number of carbonyl (C=O) groups excluding carboxylic acids is 2. The van der Waals surface area contributed by atoms with Gasteiger partial charge in [0.2, 0.25) is 0 Å². The van der Waals surface area contributed by atoms with Crippen LogP contribution in [0.3, 0.4) is 0 Å². The second-order valence-electron chi connectivity index (χ2n) is 10.8. The van der Waals surface area contributed by atoms with Crippen LogP contribution in [0, 0.1) is 11.8 Å². The Morgan fingerprint density at radius 2 is 1.44 bits per heavy atom. The number of Topliss-reactive ketones (excluding diaryl/α,β-unsaturated/α-hetero) is 2. The first-order chi connectivity index (χ1) is 17.6. The van der Waals surface area contributed by atoms with Gasteiger partial charge in [-0.3, -0.25) is 9.59 Å². The van der Waals surface area contributed by atoms with E-state index >= 15 is 0 Å². The molecule has 0 N–H and O–H groups in total. The molecule has 4 heteroatoms. The Bertz CT molecular complexity index is 920. The van der Waals surface area contributed by atoms with E-state index in [1.807, 2.05) is 36.7 Å². The second kappa shape index (κ2) is 15.7. The van der Waals surface area contributed by atoms with Crippen molar-refractivity contribution in [3.05, 3.63) is 47.8 Å². The summed E-state index contributed by atoms with van der Waals surface area (Å²) >= 11 is 0. The largest absolute Gasteiger partial charge is 0.299 e. The van der Waals surface area contributed by atoms with E-state index in [-0.39, 0.29) is 11.6 Å². The summed E-state index contributed by atoms with van der Waals surface area (Å²) in [5.41, 5.74) is 3.11. The van der Waals surface area contributed by atoms with Crippen LogP contribution in [-0.4, -0.2) is 21.5 Å². The van der Waals surface area contributed by atoms with Gasteiger partial charge in [0, 0.05) is 30.8 Å². The molecule has 0 radical (unpaired) electrons. The van der Waals surface area contributed by atoms with Crippen molar-refractivity contribution < 1.29 is 9.59 Å². The topological polar surface area (TPSA) is 59.9 Å². The second-order valence-corrected chi connectivity index (χ2v) is 10.8. The molecule has 0 saturated heterocycles. The standard InChI is InChI=1S/C32H46N2O2/c1-3-5-7-8-9-10-12-14-27-23-33-32(34-24-27)28-18-15-26(16-19-28)22-31(36)29-20-17-25(21-30(29)35)13-11-6-4-2/h15-16,18-19,23-25,29H,3-14,17,20-22H2,1-2H3. The van der Waals surface area contributed by atoms with Gasteiger partial charge in [0.25, 0.3) is 0 Å². The van der Waals surface area contributed by atoms with Gasteiger partial charge >= 0.3 is 0 Å². The first-order valence-electron chi connectivity index (χ1n) is 14.6. The molecule has 1 aliphatic rings. The Hall–Kier alpha value is -2.36. The maximum absolute atomic E-state index is 12.9. The van der Waals surface area contributed by atoms with Crippen molar-refractivity contribution in [2.24, 2.45) is 11.8 Å². The Balaban J connectivity index is 1.42. The molecule has 2 aromatic rings. The van der Waals surface area contributed by atoms with E-state index in [1.165, 1.54) is 69.8 Å². The lowest BCUT2D eigenvalue weighted by Gasteiger charge is -2.26. The molecule has 0 amide bonds. The Labute approximate surface area is 218 Å². The molecule has 196 valence electrons. The predicted octanol–water partition coefficient (Wildman–Crippen LogP) is 8.11. The molecule has 1 heterocycles. The van der Waals surface area contributed by atoms with Crippen LogP contribution in [-0.2, 0) is 22.4 Å². The van der Waals surface area contributed by atoms with Crippen molar-refractivity contribution in [3.8, 4) is 11.4 Å². The third-order valence-electron chi connectivity index (χ3n) is 7.71. The van der Waals surface area contributed by atoms with Crippen LogP contribution < -0.4 is 0 Å². The molecule has 2 atom stereocenters. The average Bonchev–Trinajstić information content (AvgIpc) is 2.89. The third-order valence-corrected chi connectivity index (χ3v) is 7.71. The van der Waals surface area contributed by atoms with Crippen molar-refractivity contribution in [2.45, 2.75) is 117 Å². The summed E-state index contributed by atoms with van der Waals surface area (Å²) in [6.07, 6.45) is 21.5. The monoisotopic (exact) mass is 490 g/mol. The molecule has 1 aromatic carbocycles. The number of benzene rings is 1. The lowest BCUT2D eigenvalue weighted by molar-refractivity contribution is -0.135. The number of rotatable bonds is 16. The van der Waals surface area contributed by atoms with E-state index in [4.69, 9.17) is 0 Å². The summed E-state index contributed by atoms with van der Waals surface area (Å²) in [7, 11) is 0. The highest BCUT2D eigenvalue weighted by molar-refractivity contribution is 6.03. The summed E-state index contributed by atoms with van der Waals surface area (Å²) in [5, 5.41) is 0. The summed E-state index contributed by atoms with van der Waals surface area (Å²) in [5.74, 6) is 1.03. The van der Waals surface area contributed by atoms with Gasteiger partial charge in [-0.15, -0.1) is 0 Å². The highest BCUT2D eigenvalue weighted by atomic mass is 16.1. The highest BCUT2D eigenvalue weighted by Gasteiger charge is 2.32. The minimum Gasteiger partial charge on any atom is -0.299 e. The number of ketones is 2. The van der Waals surface area contributed by atoms with E-state index in [2.05, 4.69) is 23.8 Å². The Kier molecular flexibility index (Phi) is 12.3. The van der Waals surface area contributed by atoms with Crippen LogP contribution in [0.15, 0.2) is 36.7 Å². The van der Waals surface area contributed by atoms with Crippen molar-refractivity contribution in [3.63, 3.8) is 0 Å². The number of aryl methyl sites for hydroxylation is 1. The summed E-state index contributed by atoms with van der Waals surface area (Å²) in [4.78, 5) is 34.6. The third kappa shape index (κ3) is 9.26. The maximum Gasteiger partial charge on any atom is 0.159 e. The van der Waals surface area contributed by atoms with Crippen molar-refractivity contribution >= 4 is 11.6 Å². The smallest absolute Gasteiger partial charge is 0.159 e. The molecule has 1 fully saturated rings. The molecule has 1 aromatic heterocycles. The van der Waals surface area contributed by atoms with E-state index < -0.39 is 5.92 Å². The number of hydrogen-bond donors (Lipinski definition) is 0. The lowest BCUT2D eigenvalue weighted by Crippen LogP contribution is -2.32. The van der Waals surface area contributed by atoms with E-state index in [9.17, 15) is 9.59 Å². The van der Waals surface area contributed by atoms with Gasteiger partial charge in [0.1, 0.15) is 11.6 Å². The molecule has 1 aliphatic carbocycles. The predicted molar refractivity (Wildman–Crippen MR) is 148 cm³/mol. The normalized spacial score (nSPS) is 17.9. The molecule has 3 rings (SSSR count). The fraction of sp³-hybridized carbons (Fsp3) is 0.625. The van der Waals surface area contributed by atoms with Crippen LogP contribution in [0.4, 0.5) is 0 Å². The van der Waals surface area contributed by atoms with Crippen molar-refractivity contribution in [2.75, 3.05) is 0 Å². The molecule has 36 heavy (non-hydrogen) atoms. The molecular weight excluding hydrogens is 444 g/mol. The van der Waals surface area contributed by atoms with Gasteiger partial charge in [-0.05, 0) is 42.7 Å². The zero-order chi connectivity index (χ0) is 25.6. The Morgan fingerprint density at radius 3 is 2.11 bits per heavy atom. The zero-order valence-electron chi connectivity index (χ0n) is 22.6. The first kappa shape index (κ1) is 28.2. The molecule has 0 spiro atoms.